The van der Waals surface area contributed by atoms with Crippen molar-refractivity contribution in [3.8, 4) is 0 Å². The van der Waals surface area contributed by atoms with E-state index in [0.29, 0.717) is 0 Å². The molecule has 0 radical (unpaired) electrons. The van der Waals surface area contributed by atoms with Gasteiger partial charge in [-0.2, -0.15) is 30.3 Å². The van der Waals surface area contributed by atoms with Gasteiger partial charge in [-0.25, -0.2) is 0 Å². The first-order valence-corrected chi connectivity index (χ1v) is 8.90. The third-order valence-corrected chi connectivity index (χ3v) is 4.80. The molecule has 2 unspecified atom stereocenters. The number of likely N-dealkylation sites (tertiary alicyclic amines) is 1. The van der Waals surface area contributed by atoms with E-state index in [1.807, 2.05) is 31.3 Å². The molecule has 1 heterocycles. The van der Waals surface area contributed by atoms with E-state index in [4.69, 9.17) is 27.9 Å². The van der Waals surface area contributed by atoms with Crippen molar-refractivity contribution in [2.45, 2.75) is 12.3 Å². The fraction of sp³-hybridized carbons (Fsp3) is 0.350. The summed E-state index contributed by atoms with van der Waals surface area (Å²) in [6.07, 6.45) is 0.970. The van der Waals surface area contributed by atoms with Crippen molar-refractivity contribution in [1.82, 2.24) is 4.90 Å². The number of benzene rings is 2. The van der Waals surface area contributed by atoms with Gasteiger partial charge in [0.1, 0.15) is 0 Å². The van der Waals surface area contributed by atoms with Gasteiger partial charge in [0.05, 0.1) is 13.0 Å². The van der Waals surface area contributed by atoms with Crippen LogP contribution < -0.4 is 17.0 Å². The molecule has 0 aromatic heterocycles. The average Bonchev–Trinajstić information content (AvgIpc) is 2.63. The van der Waals surface area contributed by atoms with Gasteiger partial charge in [-0.15, -0.1) is 11.6 Å². The number of hydrogen-bond acceptors (Lipinski definition) is 3. The van der Waals surface area contributed by atoms with Crippen molar-refractivity contribution in [2.24, 2.45) is 5.92 Å². The number of carbonyl (C=O) groups excluding carboxylic acids is 1. The molecule has 7 heteroatoms. The van der Waals surface area contributed by atoms with Crippen LogP contribution in [0.5, 0.6) is 0 Å². The molecule has 2 aromatic rings. The average molecular weight is 484 g/mol. The minimum Gasteiger partial charge on any atom is -1.00 e. The molecule has 0 aliphatic carbocycles. The van der Waals surface area contributed by atoms with Crippen molar-refractivity contribution in [1.29, 1.82) is 0 Å². The molecule has 27 heavy (non-hydrogen) atoms. The second kappa shape index (κ2) is 13.8. The molecule has 1 saturated heterocycles. The van der Waals surface area contributed by atoms with Crippen LogP contribution in [-0.2, 0) is 9.53 Å². The van der Waals surface area contributed by atoms with Crippen molar-refractivity contribution >= 4 is 52.2 Å². The maximum Gasteiger partial charge on any atom is 2.00 e. The molecule has 2 atom stereocenters. The van der Waals surface area contributed by atoms with Gasteiger partial charge in [-0.1, -0.05) is 28.8 Å². The van der Waals surface area contributed by atoms with Crippen LogP contribution in [0.3, 0.4) is 0 Å². The summed E-state index contributed by atoms with van der Waals surface area (Å²) in [6, 6.07) is 17.8. The minimum atomic E-state index is -0.124. The second-order valence-electron chi connectivity index (χ2n) is 6.06. The van der Waals surface area contributed by atoms with Gasteiger partial charge < -0.3 is 26.6 Å². The largest absolute Gasteiger partial charge is 2.00 e. The van der Waals surface area contributed by atoms with Crippen LogP contribution >= 0.6 is 23.2 Å². The Kier molecular flexibility index (Phi) is 13.6. The van der Waals surface area contributed by atoms with Crippen molar-refractivity contribution < 1.29 is 26.5 Å². The van der Waals surface area contributed by atoms with Crippen LogP contribution in [0, 0.1) is 12.0 Å². The topological polar surface area (TPSA) is 29.5 Å². The van der Waals surface area contributed by atoms with Gasteiger partial charge >= 0.3 is 29.0 Å². The summed E-state index contributed by atoms with van der Waals surface area (Å²) in [7, 11) is 3.49. The van der Waals surface area contributed by atoms with Crippen LogP contribution in [0.1, 0.15) is 17.9 Å². The number of nitrogens with zero attached hydrogens (tertiary/aromatic N) is 1. The Labute approximate surface area is 198 Å². The Morgan fingerprint density at radius 3 is 2.15 bits per heavy atom. The Morgan fingerprint density at radius 1 is 1.11 bits per heavy atom. The Hall–Kier alpha value is -0.304. The van der Waals surface area contributed by atoms with Crippen LogP contribution in [0.4, 0.5) is 0 Å². The van der Waals surface area contributed by atoms with Gasteiger partial charge in [-0.05, 0) is 43.6 Å². The summed E-state index contributed by atoms with van der Waals surface area (Å²) >= 11 is 11.4. The van der Waals surface area contributed by atoms with Crippen LogP contribution in [0.2, 0.25) is 10.0 Å². The molecular formula is C20H22BrCl2MgNO2. The molecule has 1 fully saturated rings. The molecule has 3 nitrogen and oxygen atoms in total. The minimum absolute atomic E-state index is 0. The number of carbonyl (C=O) groups is 1. The van der Waals surface area contributed by atoms with E-state index in [0.717, 1.165) is 29.6 Å². The fourth-order valence-electron chi connectivity index (χ4n) is 2.98. The fourth-order valence-corrected chi connectivity index (χ4v) is 3.23. The van der Waals surface area contributed by atoms with E-state index in [1.165, 1.54) is 12.7 Å². The second-order valence-corrected chi connectivity index (χ2v) is 6.93. The van der Waals surface area contributed by atoms with E-state index in [1.54, 1.807) is 24.3 Å². The molecule has 0 spiro atoms. The molecule has 0 bridgehead atoms. The van der Waals surface area contributed by atoms with Crippen molar-refractivity contribution in [2.75, 3.05) is 27.2 Å². The number of piperidine rings is 1. The van der Waals surface area contributed by atoms with Crippen molar-refractivity contribution in [3.63, 3.8) is 0 Å². The Morgan fingerprint density at radius 2 is 1.67 bits per heavy atom. The standard InChI is InChI=1S/C14H18ClNO2.C6H4Cl.BrH.Mg/c1-16-8-7-12(13(9-16)14(17)18-2)10-3-5-11(15)6-4-10;7-6-4-2-1-3-5-6;;/h3-6,12-13H,7-9H2,1-2H3;2-5H;1H;/q;-1;;+2/p-1. The van der Waals surface area contributed by atoms with E-state index >= 15 is 0 Å². The van der Waals surface area contributed by atoms with Gasteiger partial charge in [0.2, 0.25) is 0 Å². The van der Waals surface area contributed by atoms with E-state index < -0.39 is 0 Å². The first-order chi connectivity index (χ1) is 12.0. The number of halogens is 3. The zero-order valence-corrected chi connectivity index (χ0v) is 20.0. The molecule has 0 N–H and O–H groups in total. The number of methoxy groups -OCH3 is 1. The van der Waals surface area contributed by atoms with Crippen LogP contribution in [0.25, 0.3) is 0 Å². The predicted octanol–water partition coefficient (Wildman–Crippen LogP) is 1.31. The van der Waals surface area contributed by atoms with E-state index in [2.05, 4.69) is 11.0 Å². The number of hydrogen-bond donors (Lipinski definition) is 0. The predicted molar refractivity (Wildman–Crippen MR) is 108 cm³/mol. The normalized spacial score (nSPS) is 18.8. The van der Waals surface area contributed by atoms with Crippen LogP contribution in [-0.4, -0.2) is 61.2 Å². The summed E-state index contributed by atoms with van der Waals surface area (Å²) in [5, 5.41) is 1.49. The molecule has 1 aliphatic rings. The summed E-state index contributed by atoms with van der Waals surface area (Å²) in [5.41, 5.74) is 1.17. The maximum absolute atomic E-state index is 11.9. The number of ether oxygens (including phenoxy) is 1. The summed E-state index contributed by atoms with van der Waals surface area (Å²) < 4.78 is 4.92. The smallest absolute Gasteiger partial charge is 1.00 e. The number of rotatable bonds is 2. The van der Waals surface area contributed by atoms with E-state index in [9.17, 15) is 4.79 Å². The van der Waals surface area contributed by atoms with E-state index in [-0.39, 0.29) is 57.8 Å². The molecular weight excluding hydrogens is 461 g/mol. The first-order valence-electron chi connectivity index (χ1n) is 8.14. The third-order valence-electron chi connectivity index (χ3n) is 4.30. The van der Waals surface area contributed by atoms with Gasteiger partial charge in [-0.3, -0.25) is 4.79 Å². The van der Waals surface area contributed by atoms with Gasteiger partial charge in [0, 0.05) is 11.6 Å². The monoisotopic (exact) mass is 481 g/mol. The molecule has 1 aliphatic heterocycles. The number of esters is 1. The summed E-state index contributed by atoms with van der Waals surface area (Å²) in [5.74, 6) is 0.0161. The Bertz CT molecular complexity index is 673. The molecule has 142 valence electrons. The molecule has 2 aromatic carbocycles. The van der Waals surface area contributed by atoms with Crippen molar-refractivity contribution in [3.05, 3.63) is 70.2 Å². The third kappa shape index (κ3) is 8.71. The van der Waals surface area contributed by atoms with Gasteiger partial charge in [0.25, 0.3) is 0 Å². The maximum atomic E-state index is 11.9. The molecule has 0 saturated carbocycles. The molecule has 0 amide bonds. The zero-order chi connectivity index (χ0) is 18.2. The SMILES string of the molecule is COC(=O)C1CN(C)CCC1c1ccc(Cl)cc1.Clc1cc[c-]cc1.[Br-].[Mg+2]. The van der Waals surface area contributed by atoms with Gasteiger partial charge in [0.15, 0.2) is 0 Å². The molecule has 3 rings (SSSR count). The zero-order valence-electron chi connectivity index (χ0n) is 15.5. The summed E-state index contributed by atoms with van der Waals surface area (Å²) in [6.45, 7) is 1.75. The summed E-state index contributed by atoms with van der Waals surface area (Å²) in [4.78, 5) is 14.1. The van der Waals surface area contributed by atoms with Crippen LogP contribution in [0.15, 0.2) is 48.5 Å². The Balaban J connectivity index is 0.000000640. The first kappa shape index (κ1) is 26.7. The quantitative estimate of drug-likeness (QED) is 0.367.